The van der Waals surface area contributed by atoms with Gasteiger partial charge in [-0.15, -0.1) is 0 Å². The second kappa shape index (κ2) is 7.93. The van der Waals surface area contributed by atoms with Crippen molar-refractivity contribution in [1.29, 1.82) is 0 Å². The van der Waals surface area contributed by atoms with Crippen molar-refractivity contribution in [2.24, 2.45) is 5.41 Å². The van der Waals surface area contributed by atoms with E-state index >= 15 is 0 Å². The number of ether oxygens (including phenoxy) is 1. The highest BCUT2D eigenvalue weighted by atomic mass is 19.2. The van der Waals surface area contributed by atoms with Crippen molar-refractivity contribution in [3.63, 3.8) is 0 Å². The lowest BCUT2D eigenvalue weighted by Gasteiger charge is -2.18. The normalized spacial score (nSPS) is 11.8. The lowest BCUT2D eigenvalue weighted by atomic mass is 9.92. The molecule has 0 amide bonds. The highest BCUT2D eigenvalue weighted by molar-refractivity contribution is 5.21. The second-order valence-electron chi connectivity index (χ2n) is 7.40. The Kier molecular flexibility index (Phi) is 6.14. The van der Waals surface area contributed by atoms with Gasteiger partial charge in [0.05, 0.1) is 5.69 Å². The predicted octanol–water partition coefficient (Wildman–Crippen LogP) is 5.27. The minimum Gasteiger partial charge on any atom is -0.473 e. The summed E-state index contributed by atoms with van der Waals surface area (Å²) in [6.07, 6.45) is 2.67. The van der Waals surface area contributed by atoms with Gasteiger partial charge >= 0.3 is 0 Å². The summed E-state index contributed by atoms with van der Waals surface area (Å²) < 4.78 is 47.5. The number of halogens is 3. The van der Waals surface area contributed by atoms with Gasteiger partial charge in [0.1, 0.15) is 12.4 Å². The summed E-state index contributed by atoms with van der Waals surface area (Å²) in [4.78, 5) is 0. The zero-order valence-corrected chi connectivity index (χ0v) is 15.2. The zero-order chi connectivity index (χ0) is 18.6. The smallest absolute Gasteiger partial charge is 0.212 e. The third kappa shape index (κ3) is 5.51. The number of hydrogen-bond donors (Lipinski definition) is 0. The Balaban J connectivity index is 2.15. The van der Waals surface area contributed by atoms with Crippen LogP contribution in [0.1, 0.15) is 51.8 Å². The summed E-state index contributed by atoms with van der Waals surface area (Å²) in [5.41, 5.74) is 1.01. The van der Waals surface area contributed by atoms with Gasteiger partial charge in [0.15, 0.2) is 11.6 Å². The summed E-state index contributed by atoms with van der Waals surface area (Å²) in [6.45, 7) is 8.96. The van der Waals surface area contributed by atoms with Crippen LogP contribution in [0.5, 0.6) is 5.88 Å². The van der Waals surface area contributed by atoms with Crippen LogP contribution in [0.3, 0.4) is 0 Å². The van der Waals surface area contributed by atoms with E-state index in [1.54, 1.807) is 4.68 Å². The van der Waals surface area contributed by atoms with Crippen molar-refractivity contribution in [2.75, 3.05) is 0 Å². The number of aryl methyl sites for hydroxylation is 2. The minimum absolute atomic E-state index is 0.0282. The molecule has 3 nitrogen and oxygen atoms in total. The number of aromatic nitrogens is 2. The molecule has 0 radical (unpaired) electrons. The lowest BCUT2D eigenvalue weighted by molar-refractivity contribution is 0.254. The van der Waals surface area contributed by atoms with E-state index in [9.17, 15) is 13.2 Å². The van der Waals surface area contributed by atoms with Crippen LogP contribution >= 0.6 is 0 Å². The molecule has 0 saturated heterocycles. The fourth-order valence-electron chi connectivity index (χ4n) is 2.37. The molecular formula is C19H25F3N2O. The van der Waals surface area contributed by atoms with Crippen LogP contribution < -0.4 is 4.74 Å². The predicted molar refractivity (Wildman–Crippen MR) is 90.9 cm³/mol. The fourth-order valence-corrected chi connectivity index (χ4v) is 2.37. The van der Waals surface area contributed by atoms with Gasteiger partial charge in [-0.3, -0.25) is 0 Å². The Hall–Kier alpha value is -1.98. The van der Waals surface area contributed by atoms with Crippen LogP contribution in [0.2, 0.25) is 0 Å². The van der Waals surface area contributed by atoms with Crippen LogP contribution in [0.4, 0.5) is 13.2 Å². The van der Waals surface area contributed by atoms with Crippen LogP contribution in [-0.2, 0) is 19.6 Å². The first kappa shape index (κ1) is 19.3. The van der Waals surface area contributed by atoms with Crippen LogP contribution in [0.15, 0.2) is 18.2 Å². The van der Waals surface area contributed by atoms with Crippen molar-refractivity contribution in [1.82, 2.24) is 9.78 Å². The number of hydrogen-bond acceptors (Lipinski definition) is 2. The summed E-state index contributed by atoms with van der Waals surface area (Å²) in [6, 6.07) is 3.19. The van der Waals surface area contributed by atoms with Crippen LogP contribution in [0.25, 0.3) is 0 Å². The molecule has 0 saturated carbocycles. The summed E-state index contributed by atoms with van der Waals surface area (Å²) in [7, 11) is 0. The Morgan fingerprint density at radius 2 is 1.72 bits per heavy atom. The summed E-state index contributed by atoms with van der Waals surface area (Å²) in [5, 5.41) is 4.53. The van der Waals surface area contributed by atoms with Crippen molar-refractivity contribution in [2.45, 2.75) is 60.1 Å². The Morgan fingerprint density at radius 1 is 1.04 bits per heavy atom. The Bertz CT molecular complexity index is 720. The van der Waals surface area contributed by atoms with Gasteiger partial charge < -0.3 is 4.74 Å². The van der Waals surface area contributed by atoms with Crippen molar-refractivity contribution in [3.8, 4) is 5.88 Å². The van der Waals surface area contributed by atoms with Gasteiger partial charge in [-0.2, -0.15) is 5.10 Å². The van der Waals surface area contributed by atoms with Gasteiger partial charge in [-0.05, 0) is 24.3 Å². The molecule has 0 atom stereocenters. The molecule has 0 aliphatic rings. The number of rotatable bonds is 7. The first-order valence-electron chi connectivity index (χ1n) is 8.52. The third-order valence-electron chi connectivity index (χ3n) is 3.84. The molecule has 0 aliphatic heterocycles. The number of benzene rings is 1. The van der Waals surface area contributed by atoms with Gasteiger partial charge in [-0.25, -0.2) is 17.9 Å². The molecule has 0 N–H and O–H groups in total. The lowest BCUT2D eigenvalue weighted by Crippen LogP contribution is -2.13. The molecule has 2 aromatic rings. The van der Waals surface area contributed by atoms with E-state index in [0.717, 1.165) is 31.0 Å². The summed E-state index contributed by atoms with van der Waals surface area (Å²) >= 11 is 0. The molecule has 0 spiro atoms. The van der Waals surface area contributed by atoms with E-state index in [2.05, 4.69) is 32.8 Å². The molecule has 1 aromatic heterocycles. The molecule has 138 valence electrons. The largest absolute Gasteiger partial charge is 0.473 e. The Morgan fingerprint density at radius 3 is 2.36 bits per heavy atom. The molecule has 0 fully saturated rings. The highest BCUT2D eigenvalue weighted by Crippen LogP contribution is 2.24. The minimum atomic E-state index is -1.21. The van der Waals surface area contributed by atoms with E-state index in [0.29, 0.717) is 18.5 Å². The fraction of sp³-hybridized carbons (Fsp3) is 0.526. The molecule has 0 aliphatic carbocycles. The Labute approximate surface area is 146 Å². The maximum absolute atomic E-state index is 13.8. The van der Waals surface area contributed by atoms with Crippen molar-refractivity contribution < 1.29 is 17.9 Å². The van der Waals surface area contributed by atoms with Crippen molar-refractivity contribution in [3.05, 3.63) is 46.9 Å². The van der Waals surface area contributed by atoms with Crippen molar-refractivity contribution >= 4 is 0 Å². The monoisotopic (exact) mass is 354 g/mol. The quantitative estimate of drug-likeness (QED) is 0.634. The van der Waals surface area contributed by atoms with E-state index in [1.807, 2.05) is 6.07 Å². The first-order valence-corrected chi connectivity index (χ1v) is 8.52. The summed E-state index contributed by atoms with van der Waals surface area (Å²) in [5.74, 6) is -2.61. The van der Waals surface area contributed by atoms with E-state index in [-0.39, 0.29) is 17.6 Å². The zero-order valence-electron chi connectivity index (χ0n) is 15.2. The standard InChI is InChI=1S/C19H25F3N2O/c1-5-6-14-10-18(24(23-14)8-7-19(2,3)4)25-12-13-9-16(21)17(22)11-15(13)20/h9-11H,5-8,12H2,1-4H3. The molecular weight excluding hydrogens is 329 g/mol. The molecule has 25 heavy (non-hydrogen) atoms. The first-order chi connectivity index (χ1) is 11.7. The average molecular weight is 354 g/mol. The SMILES string of the molecule is CCCc1cc(OCc2cc(F)c(F)cc2F)n(CCC(C)(C)C)n1. The topological polar surface area (TPSA) is 27.1 Å². The van der Waals surface area contributed by atoms with Crippen LogP contribution in [-0.4, -0.2) is 9.78 Å². The van der Waals surface area contributed by atoms with Gasteiger partial charge in [0.25, 0.3) is 0 Å². The molecule has 1 aromatic carbocycles. The molecule has 0 unspecified atom stereocenters. The maximum Gasteiger partial charge on any atom is 0.212 e. The van der Waals surface area contributed by atoms with Crippen LogP contribution in [0, 0.1) is 22.9 Å². The average Bonchev–Trinajstić information content (AvgIpc) is 2.89. The van der Waals surface area contributed by atoms with E-state index < -0.39 is 17.5 Å². The van der Waals surface area contributed by atoms with E-state index in [4.69, 9.17) is 4.74 Å². The van der Waals surface area contributed by atoms with Gasteiger partial charge in [-0.1, -0.05) is 34.1 Å². The molecule has 1 heterocycles. The van der Waals surface area contributed by atoms with Gasteiger partial charge in [0.2, 0.25) is 5.88 Å². The number of nitrogens with zero attached hydrogens (tertiary/aromatic N) is 2. The molecule has 6 heteroatoms. The van der Waals surface area contributed by atoms with E-state index in [1.165, 1.54) is 0 Å². The third-order valence-corrected chi connectivity index (χ3v) is 3.84. The maximum atomic E-state index is 13.8. The molecule has 2 rings (SSSR count). The highest BCUT2D eigenvalue weighted by Gasteiger charge is 2.16. The second-order valence-corrected chi connectivity index (χ2v) is 7.40. The van der Waals surface area contributed by atoms with Gasteiger partial charge in [0, 0.05) is 24.2 Å². The molecule has 0 bridgehead atoms.